The number of hydrogen-bond acceptors (Lipinski definition) is 1. The van der Waals surface area contributed by atoms with Crippen molar-refractivity contribution in [3.8, 4) is 5.75 Å². The fourth-order valence-electron chi connectivity index (χ4n) is 3.37. The summed E-state index contributed by atoms with van der Waals surface area (Å²) in [6.45, 7) is 3.25. The fourth-order valence-corrected chi connectivity index (χ4v) is 3.37. The Labute approximate surface area is 150 Å². The lowest BCUT2D eigenvalue weighted by molar-refractivity contribution is -0.693. The monoisotopic (exact) mass is 332 g/mol. The van der Waals surface area contributed by atoms with Crippen molar-refractivity contribution >= 4 is 0 Å². The van der Waals surface area contributed by atoms with Crippen molar-refractivity contribution in [2.45, 2.75) is 25.3 Å². The van der Waals surface area contributed by atoms with E-state index in [2.05, 4.69) is 66.8 Å². The second-order valence-electron chi connectivity index (χ2n) is 6.53. The highest BCUT2D eigenvalue weighted by molar-refractivity contribution is 5.41. The summed E-state index contributed by atoms with van der Waals surface area (Å²) in [5.41, 5.74) is 3.61. The Kier molecular flexibility index (Phi) is 5.86. The lowest BCUT2D eigenvalue weighted by atomic mass is 9.88. The van der Waals surface area contributed by atoms with Crippen LogP contribution in [0.25, 0.3) is 0 Å². The van der Waals surface area contributed by atoms with Crippen molar-refractivity contribution in [3.63, 3.8) is 0 Å². The summed E-state index contributed by atoms with van der Waals surface area (Å²) in [7, 11) is 0. The zero-order chi connectivity index (χ0) is 17.5. The molecule has 0 amide bonds. The molecule has 2 heteroatoms. The lowest BCUT2D eigenvalue weighted by Gasteiger charge is -2.20. The molecule has 0 aromatic heterocycles. The third-order valence-corrected chi connectivity index (χ3v) is 4.82. The normalized spacial score (nSPS) is 13.3. The van der Waals surface area contributed by atoms with Crippen molar-refractivity contribution in [2.75, 3.05) is 6.54 Å². The summed E-state index contributed by atoms with van der Waals surface area (Å²) >= 11 is 0. The Morgan fingerprint density at radius 3 is 1.96 bits per heavy atom. The molecule has 0 spiro atoms. The summed E-state index contributed by atoms with van der Waals surface area (Å²) in [6, 6.07) is 29.2. The number of para-hydroxylation sites is 1. The smallest absolute Gasteiger partial charge is 0.119 e. The van der Waals surface area contributed by atoms with Gasteiger partial charge >= 0.3 is 0 Å². The molecule has 0 bridgehead atoms. The second-order valence-corrected chi connectivity index (χ2v) is 6.53. The van der Waals surface area contributed by atoms with Gasteiger partial charge in [-0.25, -0.2) is 0 Å². The molecular weight excluding hydrogens is 306 g/mol. The number of phenols is 1. The van der Waals surface area contributed by atoms with Gasteiger partial charge in [-0.05, 0) is 18.6 Å². The van der Waals surface area contributed by atoms with E-state index in [9.17, 15) is 5.11 Å². The molecule has 128 valence electrons. The van der Waals surface area contributed by atoms with Crippen LogP contribution in [0.3, 0.4) is 0 Å². The zero-order valence-corrected chi connectivity index (χ0v) is 14.7. The van der Waals surface area contributed by atoms with Crippen LogP contribution in [0.1, 0.15) is 42.0 Å². The lowest BCUT2D eigenvalue weighted by Crippen LogP contribution is -2.84. The first kappa shape index (κ1) is 17.2. The predicted molar refractivity (Wildman–Crippen MR) is 103 cm³/mol. The summed E-state index contributed by atoms with van der Waals surface area (Å²) in [6.07, 6.45) is 0.985. The highest BCUT2D eigenvalue weighted by Gasteiger charge is 2.18. The molecule has 2 nitrogen and oxygen atoms in total. The van der Waals surface area contributed by atoms with Gasteiger partial charge in [0.25, 0.3) is 0 Å². The van der Waals surface area contributed by atoms with E-state index in [1.54, 1.807) is 6.07 Å². The molecule has 0 saturated heterocycles. The van der Waals surface area contributed by atoms with E-state index >= 15 is 0 Å². The van der Waals surface area contributed by atoms with E-state index in [4.69, 9.17) is 0 Å². The SMILES string of the molecule is C[C@@H]([NH2+]CC[C@H](c1ccccc1)c1ccccc1O)c1ccccc1. The van der Waals surface area contributed by atoms with E-state index in [1.165, 1.54) is 11.1 Å². The van der Waals surface area contributed by atoms with Gasteiger partial charge in [0.1, 0.15) is 11.8 Å². The molecule has 3 N–H and O–H groups in total. The number of phenolic OH excluding ortho intramolecular Hbond substituents is 1. The van der Waals surface area contributed by atoms with Crippen molar-refractivity contribution in [1.29, 1.82) is 0 Å². The fraction of sp³-hybridized carbons (Fsp3) is 0.217. The van der Waals surface area contributed by atoms with Crippen molar-refractivity contribution < 1.29 is 10.4 Å². The number of rotatable bonds is 7. The number of benzene rings is 3. The van der Waals surface area contributed by atoms with Gasteiger partial charge in [0.2, 0.25) is 0 Å². The molecule has 0 radical (unpaired) electrons. The number of aromatic hydroxyl groups is 1. The molecule has 3 aromatic rings. The Balaban J connectivity index is 1.72. The molecule has 3 aromatic carbocycles. The maximum absolute atomic E-state index is 10.3. The predicted octanol–water partition coefficient (Wildman–Crippen LogP) is 4.24. The average Bonchev–Trinajstić information content (AvgIpc) is 2.67. The highest BCUT2D eigenvalue weighted by Crippen LogP contribution is 2.33. The molecule has 0 saturated carbocycles. The zero-order valence-electron chi connectivity index (χ0n) is 14.7. The van der Waals surface area contributed by atoms with Crippen LogP contribution in [0.2, 0.25) is 0 Å². The molecule has 0 aliphatic carbocycles. The van der Waals surface area contributed by atoms with E-state index in [1.807, 2.05) is 24.3 Å². The van der Waals surface area contributed by atoms with E-state index in [0.717, 1.165) is 18.5 Å². The van der Waals surface area contributed by atoms with Gasteiger partial charge in [-0.2, -0.15) is 0 Å². The average molecular weight is 332 g/mol. The third-order valence-electron chi connectivity index (χ3n) is 4.82. The van der Waals surface area contributed by atoms with E-state index in [0.29, 0.717) is 11.8 Å². The minimum Gasteiger partial charge on any atom is -0.508 e. The van der Waals surface area contributed by atoms with Crippen LogP contribution in [0, 0.1) is 0 Å². The molecule has 0 unspecified atom stereocenters. The first-order valence-corrected chi connectivity index (χ1v) is 8.97. The molecule has 3 rings (SSSR count). The van der Waals surface area contributed by atoms with Crippen molar-refractivity contribution in [2.24, 2.45) is 0 Å². The molecule has 0 aliphatic heterocycles. The van der Waals surface area contributed by atoms with Crippen LogP contribution in [0.15, 0.2) is 84.9 Å². The van der Waals surface area contributed by atoms with Gasteiger partial charge in [0.15, 0.2) is 0 Å². The molecule has 0 aliphatic rings. The van der Waals surface area contributed by atoms with Gasteiger partial charge in [-0.15, -0.1) is 0 Å². The van der Waals surface area contributed by atoms with Crippen molar-refractivity contribution in [1.82, 2.24) is 0 Å². The number of nitrogens with two attached hydrogens (primary N) is 1. The minimum atomic E-state index is 0.210. The highest BCUT2D eigenvalue weighted by atomic mass is 16.3. The minimum absolute atomic E-state index is 0.210. The molecular formula is C23H26NO+. The maximum Gasteiger partial charge on any atom is 0.119 e. The largest absolute Gasteiger partial charge is 0.508 e. The summed E-state index contributed by atoms with van der Waals surface area (Å²) in [5.74, 6) is 0.592. The Morgan fingerprint density at radius 1 is 0.760 bits per heavy atom. The summed E-state index contributed by atoms with van der Waals surface area (Å²) in [5, 5.41) is 12.7. The van der Waals surface area contributed by atoms with Crippen LogP contribution in [0.4, 0.5) is 0 Å². The first-order chi connectivity index (χ1) is 12.3. The number of quaternary nitrogens is 1. The van der Waals surface area contributed by atoms with Gasteiger partial charge in [-0.1, -0.05) is 78.9 Å². The van der Waals surface area contributed by atoms with E-state index in [-0.39, 0.29) is 5.92 Å². The summed E-state index contributed by atoms with van der Waals surface area (Å²) < 4.78 is 0. The van der Waals surface area contributed by atoms with Crippen LogP contribution < -0.4 is 5.32 Å². The van der Waals surface area contributed by atoms with Gasteiger partial charge in [0.05, 0.1) is 6.54 Å². The molecule has 25 heavy (non-hydrogen) atoms. The third kappa shape index (κ3) is 4.49. The molecule has 0 heterocycles. The van der Waals surface area contributed by atoms with Crippen LogP contribution >= 0.6 is 0 Å². The Morgan fingerprint density at radius 2 is 1.32 bits per heavy atom. The summed E-state index contributed by atoms with van der Waals surface area (Å²) in [4.78, 5) is 0. The van der Waals surface area contributed by atoms with Gasteiger partial charge in [0, 0.05) is 23.5 Å². The van der Waals surface area contributed by atoms with Gasteiger partial charge < -0.3 is 10.4 Å². The topological polar surface area (TPSA) is 36.8 Å². The quantitative estimate of drug-likeness (QED) is 0.667. The van der Waals surface area contributed by atoms with Crippen LogP contribution in [-0.4, -0.2) is 11.7 Å². The van der Waals surface area contributed by atoms with E-state index < -0.39 is 0 Å². The molecule has 0 fully saturated rings. The second kappa shape index (κ2) is 8.50. The maximum atomic E-state index is 10.3. The van der Waals surface area contributed by atoms with Crippen molar-refractivity contribution in [3.05, 3.63) is 102 Å². The van der Waals surface area contributed by atoms with Crippen LogP contribution in [0.5, 0.6) is 5.75 Å². The first-order valence-electron chi connectivity index (χ1n) is 8.97. The Bertz CT molecular complexity index is 770. The molecule has 2 atom stereocenters. The Hall–Kier alpha value is -2.58. The van der Waals surface area contributed by atoms with Gasteiger partial charge in [-0.3, -0.25) is 0 Å². The number of hydrogen-bond donors (Lipinski definition) is 2. The standard InChI is InChI=1S/C23H25NO/c1-18(19-10-4-2-5-11-19)24-17-16-21(20-12-6-3-7-13-20)22-14-8-9-15-23(22)25/h2-15,18,21,24-25H,16-17H2,1H3/p+1/t18-,21-/m1/s1. The van der Waals surface area contributed by atoms with Crippen LogP contribution in [-0.2, 0) is 0 Å².